The van der Waals surface area contributed by atoms with Crippen molar-refractivity contribution in [3.05, 3.63) is 53.7 Å². The molecule has 1 aliphatic carbocycles. The number of ether oxygens (including phenoxy) is 2. The molecule has 37 heavy (non-hydrogen) atoms. The second-order valence-corrected chi connectivity index (χ2v) is 10.1. The molecule has 0 amide bonds. The Labute approximate surface area is 212 Å². The highest BCUT2D eigenvalue weighted by Gasteiger charge is 2.54. The highest BCUT2D eigenvalue weighted by Crippen LogP contribution is 2.45. The van der Waals surface area contributed by atoms with Crippen LogP contribution in [0, 0.1) is 5.92 Å². The van der Waals surface area contributed by atoms with Crippen molar-refractivity contribution in [3.63, 3.8) is 0 Å². The van der Waals surface area contributed by atoms with E-state index in [2.05, 4.69) is 36.7 Å². The number of rotatable bonds is 5. The quantitative estimate of drug-likeness (QED) is 0.317. The normalized spacial score (nSPS) is 20.6. The number of methoxy groups -OCH3 is 1. The Morgan fingerprint density at radius 3 is 2.73 bits per heavy atom. The van der Waals surface area contributed by atoms with Crippen molar-refractivity contribution in [2.45, 2.75) is 37.3 Å². The maximum absolute atomic E-state index is 14.3. The Hall–Kier alpha value is -4.05. The van der Waals surface area contributed by atoms with Crippen LogP contribution in [0.4, 0.5) is 0 Å². The van der Waals surface area contributed by atoms with Gasteiger partial charge < -0.3 is 19.4 Å². The van der Waals surface area contributed by atoms with Crippen LogP contribution in [0.5, 0.6) is 11.5 Å². The summed E-state index contributed by atoms with van der Waals surface area (Å²) >= 11 is 0. The van der Waals surface area contributed by atoms with E-state index in [9.17, 15) is 9.59 Å². The highest BCUT2D eigenvalue weighted by molar-refractivity contribution is 6.19. The minimum atomic E-state index is -0.978. The van der Waals surface area contributed by atoms with Crippen LogP contribution in [0.25, 0.3) is 22.3 Å². The lowest BCUT2D eigenvalue weighted by Crippen LogP contribution is -2.58. The van der Waals surface area contributed by atoms with Crippen LogP contribution in [0.2, 0.25) is 0 Å². The zero-order chi connectivity index (χ0) is 25.1. The lowest BCUT2D eigenvalue weighted by molar-refractivity contribution is -0.0138. The average Bonchev–Trinajstić information content (AvgIpc) is 3.43. The number of carbonyl (C=O) groups is 2. The molecule has 1 atom stereocenters. The molecule has 10 heteroatoms. The van der Waals surface area contributed by atoms with E-state index in [0.29, 0.717) is 66.0 Å². The highest BCUT2D eigenvalue weighted by atomic mass is 16.5. The summed E-state index contributed by atoms with van der Waals surface area (Å²) in [6, 6.07) is 11.4. The van der Waals surface area contributed by atoms with Gasteiger partial charge in [-0.2, -0.15) is 5.21 Å². The van der Waals surface area contributed by atoms with E-state index < -0.39 is 11.5 Å². The molecular formula is C27H26N6O4. The van der Waals surface area contributed by atoms with Crippen LogP contribution in [-0.4, -0.2) is 62.6 Å². The van der Waals surface area contributed by atoms with Gasteiger partial charge in [-0.25, -0.2) is 0 Å². The first-order chi connectivity index (χ1) is 18.1. The molecule has 10 nitrogen and oxygen atoms in total. The molecule has 1 saturated carbocycles. The van der Waals surface area contributed by atoms with Crippen molar-refractivity contribution in [2.75, 3.05) is 20.2 Å². The van der Waals surface area contributed by atoms with Gasteiger partial charge >= 0.3 is 0 Å². The van der Waals surface area contributed by atoms with Gasteiger partial charge in [0.15, 0.2) is 11.6 Å². The van der Waals surface area contributed by atoms with Gasteiger partial charge in [0.1, 0.15) is 23.0 Å². The number of ketones is 2. The number of aromatic amines is 1. The monoisotopic (exact) mass is 498 g/mol. The maximum Gasteiger partial charge on any atom is 0.204 e. The van der Waals surface area contributed by atoms with Crippen LogP contribution in [0.1, 0.15) is 52.4 Å². The van der Waals surface area contributed by atoms with Crippen molar-refractivity contribution in [1.29, 1.82) is 0 Å². The number of benzene rings is 2. The predicted octanol–water partition coefficient (Wildman–Crippen LogP) is 3.36. The molecule has 4 aromatic rings. The fraction of sp³-hybridized carbons (Fsp3) is 0.370. The van der Waals surface area contributed by atoms with E-state index in [-0.39, 0.29) is 11.6 Å². The van der Waals surface area contributed by atoms with Gasteiger partial charge in [-0.15, -0.1) is 10.2 Å². The minimum Gasteiger partial charge on any atom is -0.496 e. The van der Waals surface area contributed by atoms with Gasteiger partial charge in [0.05, 0.1) is 18.2 Å². The average molecular weight is 499 g/mol. The fourth-order valence-corrected chi connectivity index (χ4v) is 5.88. The summed E-state index contributed by atoms with van der Waals surface area (Å²) in [5.74, 6) is 0.0228. The Morgan fingerprint density at radius 1 is 1.16 bits per heavy atom. The molecule has 1 saturated heterocycles. The van der Waals surface area contributed by atoms with Crippen molar-refractivity contribution in [1.82, 2.24) is 30.5 Å². The number of fused-ring (bicyclic) bond motifs is 2. The van der Waals surface area contributed by atoms with E-state index in [4.69, 9.17) is 9.47 Å². The first-order valence-corrected chi connectivity index (χ1v) is 12.6. The SMILES string of the molecule is COc1cc(C(=O)C2C(=O)c3cc(-c4nn[nH]n4)ccc3OC23CCNCC3)cc2c1ccn2C1CC1. The number of hydrogen-bond donors (Lipinski definition) is 2. The number of nitrogens with zero attached hydrogens (tertiary/aromatic N) is 4. The summed E-state index contributed by atoms with van der Waals surface area (Å²) in [6.07, 6.45) is 5.40. The number of piperidine rings is 1. The summed E-state index contributed by atoms with van der Waals surface area (Å²) < 4.78 is 14.5. The second-order valence-electron chi connectivity index (χ2n) is 10.1. The van der Waals surface area contributed by atoms with Gasteiger partial charge in [-0.1, -0.05) is 0 Å². The van der Waals surface area contributed by atoms with Gasteiger partial charge in [-0.3, -0.25) is 9.59 Å². The van der Waals surface area contributed by atoms with Gasteiger partial charge in [0.25, 0.3) is 0 Å². The molecule has 1 spiro atoms. The first kappa shape index (κ1) is 22.2. The fourth-order valence-electron chi connectivity index (χ4n) is 5.88. The van der Waals surface area contributed by atoms with E-state index in [0.717, 1.165) is 23.7 Å². The second kappa shape index (κ2) is 8.24. The van der Waals surface area contributed by atoms with E-state index in [1.165, 1.54) is 0 Å². The Balaban J connectivity index is 1.35. The molecule has 3 aliphatic rings. The lowest BCUT2D eigenvalue weighted by Gasteiger charge is -2.45. The zero-order valence-electron chi connectivity index (χ0n) is 20.4. The standard InChI is InChI=1S/C27H26N6O4/c1-36-22-14-16(13-20-18(22)6-11-33(20)17-3-4-17)24(34)23-25(35)19-12-15(26-29-31-32-30-26)2-5-21(19)37-27(23)7-9-28-10-8-27/h2,5-6,11-14,17,23,28H,3-4,7-10H2,1H3,(H,29,30,31,32). The molecule has 2 aliphatic heterocycles. The third-order valence-corrected chi connectivity index (χ3v) is 7.91. The van der Waals surface area contributed by atoms with Crippen LogP contribution in [-0.2, 0) is 0 Å². The molecule has 2 aromatic heterocycles. The van der Waals surface area contributed by atoms with E-state index in [1.54, 1.807) is 31.4 Å². The van der Waals surface area contributed by atoms with Crippen molar-refractivity contribution >= 4 is 22.5 Å². The lowest BCUT2D eigenvalue weighted by atomic mass is 9.70. The molecule has 1 unspecified atom stereocenters. The van der Waals surface area contributed by atoms with Gasteiger partial charge in [0.2, 0.25) is 5.82 Å². The molecule has 2 fully saturated rings. The van der Waals surface area contributed by atoms with Crippen LogP contribution < -0.4 is 14.8 Å². The van der Waals surface area contributed by atoms with Crippen LogP contribution in [0.15, 0.2) is 42.6 Å². The third kappa shape index (κ3) is 3.46. The summed E-state index contributed by atoms with van der Waals surface area (Å²) in [5, 5.41) is 18.4. The number of carbonyl (C=O) groups excluding carboxylic acids is 2. The molecule has 4 heterocycles. The number of Topliss-reactive ketones (excluding diaryl/α,β-unsaturated/α-hetero) is 2. The summed E-state index contributed by atoms with van der Waals surface area (Å²) in [5.41, 5.74) is 1.48. The Bertz CT molecular complexity index is 1530. The van der Waals surface area contributed by atoms with Gasteiger partial charge in [0, 0.05) is 41.6 Å². The van der Waals surface area contributed by atoms with Crippen LogP contribution >= 0.6 is 0 Å². The maximum atomic E-state index is 14.3. The summed E-state index contributed by atoms with van der Waals surface area (Å²) in [6.45, 7) is 1.33. The third-order valence-electron chi connectivity index (χ3n) is 7.91. The predicted molar refractivity (Wildman–Crippen MR) is 134 cm³/mol. The van der Waals surface area contributed by atoms with Crippen LogP contribution in [0.3, 0.4) is 0 Å². The number of H-pyrrole nitrogens is 1. The Morgan fingerprint density at radius 2 is 2.00 bits per heavy atom. The first-order valence-electron chi connectivity index (χ1n) is 12.6. The molecule has 7 rings (SSSR count). The number of hydrogen-bond acceptors (Lipinski definition) is 8. The molecule has 188 valence electrons. The minimum absolute atomic E-state index is 0.241. The zero-order valence-corrected chi connectivity index (χ0v) is 20.4. The number of tetrazole rings is 1. The summed E-state index contributed by atoms with van der Waals surface area (Å²) in [4.78, 5) is 28.5. The topological polar surface area (TPSA) is 124 Å². The van der Waals surface area contributed by atoms with E-state index >= 15 is 0 Å². The molecular weight excluding hydrogens is 472 g/mol. The molecule has 0 radical (unpaired) electrons. The number of nitrogens with one attached hydrogen (secondary N) is 2. The Kier molecular flexibility index (Phi) is 4.94. The largest absolute Gasteiger partial charge is 0.496 e. The van der Waals surface area contributed by atoms with Crippen molar-refractivity contribution < 1.29 is 19.1 Å². The van der Waals surface area contributed by atoms with Crippen molar-refractivity contribution in [3.8, 4) is 22.9 Å². The molecule has 0 bridgehead atoms. The van der Waals surface area contributed by atoms with E-state index in [1.807, 2.05) is 12.1 Å². The van der Waals surface area contributed by atoms with Crippen molar-refractivity contribution in [2.24, 2.45) is 5.92 Å². The number of aromatic nitrogens is 5. The smallest absolute Gasteiger partial charge is 0.204 e. The molecule has 2 aromatic carbocycles. The summed E-state index contributed by atoms with van der Waals surface area (Å²) in [7, 11) is 1.61. The van der Waals surface area contributed by atoms with Gasteiger partial charge in [-0.05, 0) is 67.5 Å². The molecule has 2 N–H and O–H groups in total.